The van der Waals surface area contributed by atoms with Crippen molar-refractivity contribution < 1.29 is 4.74 Å². The molecule has 0 saturated heterocycles. The monoisotopic (exact) mass is 295 g/mol. The highest BCUT2D eigenvalue weighted by molar-refractivity contribution is 9.10. The zero-order chi connectivity index (χ0) is 12.1. The number of hydrogen-bond acceptors (Lipinski definition) is 3. The van der Waals surface area contributed by atoms with Gasteiger partial charge in [0.25, 0.3) is 0 Å². The van der Waals surface area contributed by atoms with E-state index in [-0.39, 0.29) is 0 Å². The predicted molar refractivity (Wildman–Crippen MR) is 69.8 cm³/mol. The van der Waals surface area contributed by atoms with E-state index in [1.807, 2.05) is 24.5 Å². The van der Waals surface area contributed by atoms with Crippen molar-refractivity contribution in [2.45, 2.75) is 13.1 Å². The minimum atomic E-state index is 0.758. The fourth-order valence-corrected chi connectivity index (χ4v) is 2.01. The van der Waals surface area contributed by atoms with Gasteiger partial charge in [0, 0.05) is 34.9 Å². The van der Waals surface area contributed by atoms with Gasteiger partial charge in [-0.05, 0) is 18.2 Å². The van der Waals surface area contributed by atoms with Gasteiger partial charge in [0.1, 0.15) is 5.75 Å². The van der Waals surface area contributed by atoms with E-state index in [0.29, 0.717) is 0 Å². The summed E-state index contributed by atoms with van der Waals surface area (Å²) < 4.78 is 6.36. The van der Waals surface area contributed by atoms with Crippen molar-refractivity contribution in [1.29, 1.82) is 0 Å². The maximum Gasteiger partial charge on any atom is 0.123 e. The van der Waals surface area contributed by atoms with Crippen LogP contribution in [0.15, 0.2) is 35.1 Å². The molecule has 17 heavy (non-hydrogen) atoms. The third-order valence-corrected chi connectivity index (χ3v) is 2.94. The van der Waals surface area contributed by atoms with E-state index < -0.39 is 0 Å². The molecular formula is C12H14BrN3O. The van der Waals surface area contributed by atoms with Crippen molar-refractivity contribution >= 4 is 15.9 Å². The Hall–Kier alpha value is -1.33. The Morgan fingerprint density at radius 1 is 1.41 bits per heavy atom. The molecule has 2 N–H and O–H groups in total. The topological polar surface area (TPSA) is 49.9 Å². The predicted octanol–water partition coefficient (Wildman–Crippen LogP) is 2.47. The molecule has 0 unspecified atom stereocenters. The van der Waals surface area contributed by atoms with E-state index in [0.717, 1.165) is 34.4 Å². The minimum Gasteiger partial charge on any atom is -0.496 e. The molecule has 1 aromatic heterocycles. The molecule has 5 heteroatoms. The highest BCUT2D eigenvalue weighted by Crippen LogP contribution is 2.22. The van der Waals surface area contributed by atoms with Crippen LogP contribution in [0.1, 0.15) is 11.1 Å². The Kier molecular flexibility index (Phi) is 4.17. The second kappa shape index (κ2) is 5.84. The van der Waals surface area contributed by atoms with Gasteiger partial charge in [0.05, 0.1) is 13.3 Å². The van der Waals surface area contributed by atoms with Crippen molar-refractivity contribution in [1.82, 2.24) is 15.5 Å². The van der Waals surface area contributed by atoms with Crippen molar-refractivity contribution in [2.24, 2.45) is 0 Å². The summed E-state index contributed by atoms with van der Waals surface area (Å²) in [7, 11) is 1.68. The number of nitrogens with one attached hydrogen (secondary N) is 2. The van der Waals surface area contributed by atoms with Gasteiger partial charge >= 0.3 is 0 Å². The van der Waals surface area contributed by atoms with Gasteiger partial charge in [0.2, 0.25) is 0 Å². The maximum atomic E-state index is 5.31. The highest BCUT2D eigenvalue weighted by Gasteiger charge is 2.03. The molecular weight excluding hydrogens is 282 g/mol. The number of rotatable bonds is 5. The van der Waals surface area contributed by atoms with Crippen LogP contribution in [0.5, 0.6) is 5.75 Å². The second-order valence-corrected chi connectivity index (χ2v) is 4.58. The summed E-state index contributed by atoms with van der Waals surface area (Å²) >= 11 is 3.46. The number of benzene rings is 1. The Morgan fingerprint density at radius 3 is 3.00 bits per heavy atom. The Balaban J connectivity index is 1.96. The molecule has 0 aliphatic heterocycles. The first kappa shape index (κ1) is 12.1. The van der Waals surface area contributed by atoms with E-state index >= 15 is 0 Å². The standard InChI is InChI=1S/C12H14BrN3O/c1-17-12-3-2-11(13)4-10(12)8-14-5-9-6-15-16-7-9/h2-4,6-7,14H,5,8H2,1H3,(H,15,16). The molecule has 0 aliphatic rings. The van der Waals surface area contributed by atoms with Crippen LogP contribution in [-0.2, 0) is 13.1 Å². The van der Waals surface area contributed by atoms with Gasteiger partial charge in [-0.15, -0.1) is 0 Å². The number of H-pyrrole nitrogens is 1. The molecule has 2 rings (SSSR count). The molecule has 0 fully saturated rings. The van der Waals surface area contributed by atoms with Crippen LogP contribution in [0.25, 0.3) is 0 Å². The van der Waals surface area contributed by atoms with Crippen LogP contribution in [0.4, 0.5) is 0 Å². The molecule has 0 bridgehead atoms. The van der Waals surface area contributed by atoms with Crippen molar-refractivity contribution in [2.75, 3.05) is 7.11 Å². The van der Waals surface area contributed by atoms with E-state index in [4.69, 9.17) is 4.74 Å². The van der Waals surface area contributed by atoms with Crippen molar-refractivity contribution in [3.8, 4) is 5.75 Å². The Morgan fingerprint density at radius 2 is 2.29 bits per heavy atom. The zero-order valence-electron chi connectivity index (χ0n) is 9.53. The fourth-order valence-electron chi connectivity index (χ4n) is 1.60. The minimum absolute atomic E-state index is 0.758. The van der Waals surface area contributed by atoms with Crippen LogP contribution in [-0.4, -0.2) is 17.3 Å². The van der Waals surface area contributed by atoms with Gasteiger partial charge in [-0.25, -0.2) is 0 Å². The average molecular weight is 296 g/mol. The van der Waals surface area contributed by atoms with Gasteiger partial charge < -0.3 is 10.1 Å². The lowest BCUT2D eigenvalue weighted by Gasteiger charge is -2.09. The molecule has 0 saturated carbocycles. The average Bonchev–Trinajstić information content (AvgIpc) is 2.82. The third-order valence-electron chi connectivity index (χ3n) is 2.44. The number of aromatic nitrogens is 2. The largest absolute Gasteiger partial charge is 0.496 e. The smallest absolute Gasteiger partial charge is 0.123 e. The fraction of sp³-hybridized carbons (Fsp3) is 0.250. The van der Waals surface area contributed by atoms with Crippen LogP contribution in [0.3, 0.4) is 0 Å². The molecule has 4 nitrogen and oxygen atoms in total. The Bertz CT molecular complexity index is 471. The number of hydrogen-bond donors (Lipinski definition) is 2. The van der Waals surface area contributed by atoms with Crippen LogP contribution in [0, 0.1) is 0 Å². The van der Waals surface area contributed by atoms with E-state index in [1.54, 1.807) is 7.11 Å². The summed E-state index contributed by atoms with van der Waals surface area (Å²) in [6.45, 7) is 1.54. The number of nitrogens with zero attached hydrogens (tertiary/aromatic N) is 1. The van der Waals surface area contributed by atoms with Gasteiger partial charge in [0.15, 0.2) is 0 Å². The van der Waals surface area contributed by atoms with E-state index in [1.165, 1.54) is 0 Å². The Labute approximate surface area is 109 Å². The quantitative estimate of drug-likeness (QED) is 0.891. The first-order valence-corrected chi connectivity index (χ1v) is 6.09. The van der Waals surface area contributed by atoms with E-state index in [9.17, 15) is 0 Å². The van der Waals surface area contributed by atoms with Crippen LogP contribution in [0.2, 0.25) is 0 Å². The summed E-state index contributed by atoms with van der Waals surface area (Å²) in [5.74, 6) is 0.896. The first-order chi connectivity index (χ1) is 8.29. The molecule has 0 aliphatic carbocycles. The normalized spacial score (nSPS) is 10.5. The van der Waals surface area contributed by atoms with Gasteiger partial charge in [-0.3, -0.25) is 5.10 Å². The molecule has 0 atom stereocenters. The van der Waals surface area contributed by atoms with Crippen molar-refractivity contribution in [3.05, 3.63) is 46.2 Å². The highest BCUT2D eigenvalue weighted by atomic mass is 79.9. The summed E-state index contributed by atoms with van der Waals surface area (Å²) in [6, 6.07) is 5.98. The second-order valence-electron chi connectivity index (χ2n) is 3.67. The summed E-state index contributed by atoms with van der Waals surface area (Å²) in [5, 5.41) is 10.0. The number of ether oxygens (including phenoxy) is 1. The summed E-state index contributed by atoms with van der Waals surface area (Å²) in [4.78, 5) is 0. The van der Waals surface area contributed by atoms with E-state index in [2.05, 4.69) is 37.5 Å². The molecule has 0 amide bonds. The van der Waals surface area contributed by atoms with Crippen LogP contribution < -0.4 is 10.1 Å². The lowest BCUT2D eigenvalue weighted by atomic mass is 10.2. The molecule has 90 valence electrons. The zero-order valence-corrected chi connectivity index (χ0v) is 11.1. The molecule has 1 aromatic carbocycles. The lowest BCUT2D eigenvalue weighted by molar-refractivity contribution is 0.407. The molecule has 2 aromatic rings. The summed E-state index contributed by atoms with van der Waals surface area (Å²) in [6.07, 6.45) is 3.69. The molecule has 0 spiro atoms. The lowest BCUT2D eigenvalue weighted by Crippen LogP contribution is -2.13. The van der Waals surface area contributed by atoms with Crippen molar-refractivity contribution in [3.63, 3.8) is 0 Å². The van der Waals surface area contributed by atoms with Gasteiger partial charge in [-0.1, -0.05) is 15.9 Å². The first-order valence-electron chi connectivity index (χ1n) is 5.30. The number of methoxy groups -OCH3 is 1. The molecule has 0 radical (unpaired) electrons. The maximum absolute atomic E-state index is 5.31. The van der Waals surface area contributed by atoms with Crippen LogP contribution >= 0.6 is 15.9 Å². The van der Waals surface area contributed by atoms with Gasteiger partial charge in [-0.2, -0.15) is 5.10 Å². The third kappa shape index (κ3) is 3.31. The number of halogens is 1. The summed E-state index contributed by atoms with van der Waals surface area (Å²) in [5.41, 5.74) is 2.27. The molecule has 1 heterocycles. The number of aromatic amines is 1. The SMILES string of the molecule is COc1ccc(Br)cc1CNCc1cn[nH]c1.